The first kappa shape index (κ1) is 7.80. The molecule has 9 heavy (non-hydrogen) atoms. The normalized spacial score (nSPS) is 24.3. The van der Waals surface area contributed by atoms with E-state index in [0.29, 0.717) is 0 Å². The second-order valence-corrected chi connectivity index (χ2v) is 4.91. The third-order valence-electron chi connectivity index (χ3n) is 1.33. The van der Waals surface area contributed by atoms with Crippen molar-refractivity contribution in [3.8, 4) is 0 Å². The highest BCUT2D eigenvalue weighted by atomic mass is 32.2. The number of thioether (sulfide) groups is 2. The summed E-state index contributed by atoms with van der Waals surface area (Å²) in [5.41, 5.74) is 0. The van der Waals surface area contributed by atoms with E-state index in [4.69, 9.17) is 0 Å². The molecule has 0 aliphatic carbocycles. The van der Waals surface area contributed by atoms with Crippen molar-refractivity contribution in [2.75, 3.05) is 17.3 Å². The molecule has 0 radical (unpaired) electrons. The van der Waals surface area contributed by atoms with Crippen molar-refractivity contribution in [3.63, 3.8) is 0 Å². The van der Waals surface area contributed by atoms with E-state index in [0.717, 1.165) is 5.25 Å². The van der Waals surface area contributed by atoms with Crippen LogP contribution in [0.1, 0.15) is 19.8 Å². The molecule has 0 aromatic carbocycles. The van der Waals surface area contributed by atoms with E-state index < -0.39 is 0 Å². The van der Waals surface area contributed by atoms with Crippen LogP contribution in [0.2, 0.25) is 0 Å². The van der Waals surface area contributed by atoms with Gasteiger partial charge in [0.1, 0.15) is 0 Å². The van der Waals surface area contributed by atoms with Crippen LogP contribution >= 0.6 is 23.5 Å². The summed E-state index contributed by atoms with van der Waals surface area (Å²) in [6.45, 7) is 2.25. The van der Waals surface area contributed by atoms with Gasteiger partial charge in [-0.3, -0.25) is 0 Å². The number of rotatable bonds is 5. The highest BCUT2D eigenvalue weighted by molar-refractivity contribution is 8.07. The first-order valence-corrected chi connectivity index (χ1v) is 5.83. The van der Waals surface area contributed by atoms with E-state index in [1.54, 1.807) is 0 Å². The van der Waals surface area contributed by atoms with Crippen molar-refractivity contribution in [1.29, 1.82) is 0 Å². The minimum atomic E-state index is 1.05. The number of hydrogen-bond donors (Lipinski definition) is 0. The predicted octanol–water partition coefficient (Wildman–Crippen LogP) is 2.64. The molecule has 0 amide bonds. The predicted molar refractivity (Wildman–Crippen MR) is 48.5 cm³/mol. The van der Waals surface area contributed by atoms with Crippen molar-refractivity contribution in [3.05, 3.63) is 0 Å². The zero-order chi connectivity index (χ0) is 6.53. The molecule has 1 heterocycles. The largest absolute Gasteiger partial charge is 0.162 e. The van der Waals surface area contributed by atoms with Gasteiger partial charge >= 0.3 is 0 Å². The third-order valence-corrected chi connectivity index (χ3v) is 3.60. The van der Waals surface area contributed by atoms with Crippen LogP contribution in [0.25, 0.3) is 0 Å². The monoisotopic (exact) mass is 162 g/mol. The molecule has 1 aliphatic rings. The van der Waals surface area contributed by atoms with E-state index >= 15 is 0 Å². The topological polar surface area (TPSA) is 0 Å². The van der Waals surface area contributed by atoms with Crippen LogP contribution in [0.5, 0.6) is 0 Å². The maximum atomic E-state index is 2.25. The lowest BCUT2D eigenvalue weighted by Crippen LogP contribution is -1.87. The van der Waals surface area contributed by atoms with Gasteiger partial charge in [0.15, 0.2) is 0 Å². The standard InChI is InChI=1S/C7H14S2/c1-2-4-8-5-3-7-6-9-7/h7H,2-6H2,1H3. The molecule has 54 valence electrons. The van der Waals surface area contributed by atoms with Gasteiger partial charge in [-0.2, -0.15) is 23.5 Å². The average molecular weight is 162 g/mol. The Labute approximate surface area is 66.2 Å². The molecular weight excluding hydrogens is 148 g/mol. The van der Waals surface area contributed by atoms with Gasteiger partial charge in [0.25, 0.3) is 0 Å². The molecule has 0 N–H and O–H groups in total. The Morgan fingerprint density at radius 1 is 1.56 bits per heavy atom. The lowest BCUT2D eigenvalue weighted by atomic mass is 10.4. The highest BCUT2D eigenvalue weighted by Crippen LogP contribution is 2.33. The minimum absolute atomic E-state index is 1.05. The fraction of sp³-hybridized carbons (Fsp3) is 1.00. The van der Waals surface area contributed by atoms with E-state index in [9.17, 15) is 0 Å². The molecule has 0 aromatic rings. The van der Waals surface area contributed by atoms with Gasteiger partial charge in [0, 0.05) is 11.0 Å². The zero-order valence-electron chi connectivity index (χ0n) is 5.93. The van der Waals surface area contributed by atoms with Crippen LogP contribution in [0, 0.1) is 0 Å². The molecule has 1 atom stereocenters. The van der Waals surface area contributed by atoms with Gasteiger partial charge in [-0.05, 0) is 24.3 Å². The molecule has 1 rings (SSSR count). The second-order valence-electron chi connectivity index (χ2n) is 2.36. The maximum absolute atomic E-state index is 2.25. The molecule has 0 spiro atoms. The minimum Gasteiger partial charge on any atom is -0.162 e. The summed E-state index contributed by atoms with van der Waals surface area (Å²) in [5, 5.41) is 1.05. The molecule has 1 unspecified atom stereocenters. The van der Waals surface area contributed by atoms with Crippen molar-refractivity contribution in [2.24, 2.45) is 0 Å². The van der Waals surface area contributed by atoms with E-state index in [1.807, 2.05) is 0 Å². The van der Waals surface area contributed by atoms with Crippen LogP contribution in [-0.4, -0.2) is 22.5 Å². The van der Waals surface area contributed by atoms with Gasteiger partial charge in [0.05, 0.1) is 0 Å². The molecule has 0 bridgehead atoms. The lowest BCUT2D eigenvalue weighted by Gasteiger charge is -1.94. The van der Waals surface area contributed by atoms with Crippen molar-refractivity contribution in [1.82, 2.24) is 0 Å². The Kier molecular flexibility index (Phi) is 3.91. The van der Waals surface area contributed by atoms with Crippen LogP contribution < -0.4 is 0 Å². The summed E-state index contributed by atoms with van der Waals surface area (Å²) in [5.74, 6) is 4.19. The molecule has 1 saturated heterocycles. The first-order valence-electron chi connectivity index (χ1n) is 3.63. The summed E-state index contributed by atoms with van der Waals surface area (Å²) >= 11 is 4.22. The average Bonchev–Trinajstić information content (AvgIpc) is 2.63. The van der Waals surface area contributed by atoms with Crippen LogP contribution in [-0.2, 0) is 0 Å². The summed E-state index contributed by atoms with van der Waals surface area (Å²) in [4.78, 5) is 0. The van der Waals surface area contributed by atoms with Crippen LogP contribution in [0.3, 0.4) is 0 Å². The van der Waals surface area contributed by atoms with Crippen molar-refractivity contribution in [2.45, 2.75) is 25.0 Å². The quantitative estimate of drug-likeness (QED) is 0.450. The van der Waals surface area contributed by atoms with Crippen LogP contribution in [0.15, 0.2) is 0 Å². The summed E-state index contributed by atoms with van der Waals surface area (Å²) in [6.07, 6.45) is 2.79. The fourth-order valence-electron chi connectivity index (χ4n) is 0.696. The lowest BCUT2D eigenvalue weighted by molar-refractivity contribution is 0.989. The molecule has 0 nitrogen and oxygen atoms in total. The SMILES string of the molecule is CCCSCCC1CS1. The summed E-state index contributed by atoms with van der Waals surface area (Å²) in [6, 6.07) is 0. The smallest absolute Gasteiger partial charge is 0.0146 e. The van der Waals surface area contributed by atoms with Gasteiger partial charge < -0.3 is 0 Å². The van der Waals surface area contributed by atoms with Gasteiger partial charge in [-0.15, -0.1) is 0 Å². The second kappa shape index (κ2) is 4.51. The number of hydrogen-bond acceptors (Lipinski definition) is 2. The fourth-order valence-corrected chi connectivity index (χ4v) is 2.38. The molecule has 2 heteroatoms. The molecule has 0 saturated carbocycles. The Balaban J connectivity index is 1.71. The van der Waals surface area contributed by atoms with Gasteiger partial charge in [-0.1, -0.05) is 6.92 Å². The first-order chi connectivity index (χ1) is 4.43. The van der Waals surface area contributed by atoms with Gasteiger partial charge in [-0.25, -0.2) is 0 Å². The highest BCUT2D eigenvalue weighted by Gasteiger charge is 2.20. The summed E-state index contributed by atoms with van der Waals surface area (Å²) < 4.78 is 0. The van der Waals surface area contributed by atoms with Crippen LogP contribution in [0.4, 0.5) is 0 Å². The Hall–Kier alpha value is 0.700. The molecule has 1 fully saturated rings. The van der Waals surface area contributed by atoms with Gasteiger partial charge in [0.2, 0.25) is 0 Å². The van der Waals surface area contributed by atoms with Crippen molar-refractivity contribution < 1.29 is 0 Å². The molecular formula is C7H14S2. The third kappa shape index (κ3) is 4.15. The molecule has 1 aliphatic heterocycles. The van der Waals surface area contributed by atoms with Crippen molar-refractivity contribution >= 4 is 23.5 Å². The van der Waals surface area contributed by atoms with E-state index in [2.05, 4.69) is 30.4 Å². The van der Waals surface area contributed by atoms with E-state index in [-0.39, 0.29) is 0 Å². The van der Waals surface area contributed by atoms with E-state index in [1.165, 1.54) is 30.1 Å². The summed E-state index contributed by atoms with van der Waals surface area (Å²) in [7, 11) is 0. The molecule has 0 aromatic heterocycles. The maximum Gasteiger partial charge on any atom is 0.0146 e. The zero-order valence-corrected chi connectivity index (χ0v) is 7.56. The Morgan fingerprint density at radius 2 is 2.33 bits per heavy atom. The Morgan fingerprint density at radius 3 is 2.89 bits per heavy atom. The Bertz CT molecular complexity index is 69.3.